The summed E-state index contributed by atoms with van der Waals surface area (Å²) in [7, 11) is 1.55. The molecule has 1 aromatic carbocycles. The van der Waals surface area contributed by atoms with Crippen LogP contribution >= 0.6 is 0 Å². The Kier molecular flexibility index (Phi) is 5.78. The van der Waals surface area contributed by atoms with Crippen LogP contribution in [0.25, 0.3) is 0 Å². The first-order chi connectivity index (χ1) is 11.3. The third-order valence-electron chi connectivity index (χ3n) is 3.38. The summed E-state index contributed by atoms with van der Waals surface area (Å²) in [5.74, 6) is -0.461. The molecule has 7 heteroatoms. The van der Waals surface area contributed by atoms with Gasteiger partial charge in [0, 0.05) is 38.0 Å². The molecule has 0 aliphatic rings. The van der Waals surface area contributed by atoms with Gasteiger partial charge in [-0.1, -0.05) is 24.3 Å². The monoisotopic (exact) mass is 338 g/mol. The number of carbonyl (C=O) groups is 1. The molecule has 0 atom stereocenters. The third-order valence-corrected chi connectivity index (χ3v) is 3.38. The van der Waals surface area contributed by atoms with Gasteiger partial charge in [0.2, 0.25) is 5.91 Å². The number of nitrogens with zero attached hydrogens (tertiary/aromatic N) is 2. The van der Waals surface area contributed by atoms with Crippen LogP contribution < -0.4 is 4.74 Å². The number of carbonyl (C=O) groups excluding carboxylic acids is 1. The van der Waals surface area contributed by atoms with Gasteiger partial charge in [0.25, 0.3) is 0 Å². The SMILES string of the molecule is CN(Cc1ccccc1OC(F)(F)F)C(=O)CCc1cccnc1. The van der Waals surface area contributed by atoms with E-state index in [2.05, 4.69) is 9.72 Å². The number of hydrogen-bond acceptors (Lipinski definition) is 3. The lowest BCUT2D eigenvalue weighted by Crippen LogP contribution is -2.27. The lowest BCUT2D eigenvalue weighted by molar-refractivity contribution is -0.275. The summed E-state index contributed by atoms with van der Waals surface area (Å²) >= 11 is 0. The maximum atomic E-state index is 12.4. The Labute approximate surface area is 137 Å². The van der Waals surface area contributed by atoms with E-state index in [-0.39, 0.29) is 24.6 Å². The average molecular weight is 338 g/mol. The molecule has 0 radical (unpaired) electrons. The first kappa shape index (κ1) is 17.8. The molecule has 0 unspecified atom stereocenters. The predicted molar refractivity (Wildman–Crippen MR) is 82.2 cm³/mol. The zero-order valence-corrected chi connectivity index (χ0v) is 13.1. The van der Waals surface area contributed by atoms with E-state index in [1.165, 1.54) is 23.1 Å². The number of halogens is 3. The third kappa shape index (κ3) is 5.57. The summed E-state index contributed by atoms with van der Waals surface area (Å²) < 4.78 is 41.2. The van der Waals surface area contributed by atoms with Crippen molar-refractivity contribution < 1.29 is 22.7 Å². The Balaban J connectivity index is 1.96. The minimum Gasteiger partial charge on any atom is -0.405 e. The molecule has 0 aliphatic heterocycles. The quantitative estimate of drug-likeness (QED) is 0.809. The molecule has 0 bridgehead atoms. The molecule has 0 N–H and O–H groups in total. The van der Waals surface area contributed by atoms with Crippen molar-refractivity contribution >= 4 is 5.91 Å². The summed E-state index contributed by atoms with van der Waals surface area (Å²) in [6.07, 6.45) is -0.657. The second-order valence-electron chi connectivity index (χ2n) is 5.27. The van der Waals surface area contributed by atoms with Gasteiger partial charge >= 0.3 is 6.36 Å². The second kappa shape index (κ2) is 7.81. The maximum Gasteiger partial charge on any atom is 0.573 e. The van der Waals surface area contributed by atoms with Gasteiger partial charge in [-0.05, 0) is 24.1 Å². The molecule has 1 heterocycles. The van der Waals surface area contributed by atoms with Crippen LogP contribution in [0.3, 0.4) is 0 Å². The Hall–Kier alpha value is -2.57. The van der Waals surface area contributed by atoms with Gasteiger partial charge in [-0.2, -0.15) is 0 Å². The molecule has 0 aliphatic carbocycles. The fraction of sp³-hybridized carbons (Fsp3) is 0.294. The Morgan fingerprint density at radius 2 is 1.96 bits per heavy atom. The molecule has 24 heavy (non-hydrogen) atoms. The lowest BCUT2D eigenvalue weighted by Gasteiger charge is -2.20. The van der Waals surface area contributed by atoms with E-state index in [1.54, 1.807) is 31.6 Å². The highest BCUT2D eigenvalue weighted by Gasteiger charge is 2.32. The predicted octanol–water partition coefficient (Wildman–Crippen LogP) is 3.57. The van der Waals surface area contributed by atoms with Crippen LogP contribution in [-0.4, -0.2) is 29.2 Å². The van der Waals surface area contributed by atoms with E-state index in [4.69, 9.17) is 0 Å². The standard InChI is InChI=1S/C17H17F3N2O2/c1-22(16(23)9-8-13-5-4-10-21-11-13)12-14-6-2-3-7-15(14)24-17(18,19)20/h2-7,10-11H,8-9,12H2,1H3. The van der Waals surface area contributed by atoms with Crippen LogP contribution in [0.4, 0.5) is 13.2 Å². The maximum absolute atomic E-state index is 12.4. The largest absolute Gasteiger partial charge is 0.573 e. The topological polar surface area (TPSA) is 42.4 Å². The minimum absolute atomic E-state index is 0.0398. The Bertz CT molecular complexity index is 675. The number of pyridine rings is 1. The molecule has 2 aromatic rings. The van der Waals surface area contributed by atoms with Gasteiger partial charge in [0.05, 0.1) is 0 Å². The summed E-state index contributed by atoms with van der Waals surface area (Å²) in [4.78, 5) is 17.5. The zero-order valence-electron chi connectivity index (χ0n) is 13.1. The molecule has 2 rings (SSSR count). The van der Waals surface area contributed by atoms with Crippen molar-refractivity contribution in [3.63, 3.8) is 0 Å². The fourth-order valence-electron chi connectivity index (χ4n) is 2.19. The van der Waals surface area contributed by atoms with E-state index < -0.39 is 6.36 Å². The number of benzene rings is 1. The molecule has 0 spiro atoms. The highest BCUT2D eigenvalue weighted by atomic mass is 19.4. The average Bonchev–Trinajstić information content (AvgIpc) is 2.54. The Morgan fingerprint density at radius 1 is 1.21 bits per heavy atom. The molecule has 0 fully saturated rings. The normalized spacial score (nSPS) is 11.2. The van der Waals surface area contributed by atoms with E-state index >= 15 is 0 Å². The van der Waals surface area contributed by atoms with Crippen molar-refractivity contribution in [1.29, 1.82) is 0 Å². The highest BCUT2D eigenvalue weighted by Crippen LogP contribution is 2.27. The van der Waals surface area contributed by atoms with Crippen molar-refractivity contribution in [1.82, 2.24) is 9.88 Å². The van der Waals surface area contributed by atoms with Crippen LogP contribution in [-0.2, 0) is 17.8 Å². The molecular weight excluding hydrogens is 321 g/mol. The first-order valence-corrected chi connectivity index (χ1v) is 7.31. The van der Waals surface area contributed by atoms with Crippen molar-refractivity contribution in [3.8, 4) is 5.75 Å². The number of para-hydroxylation sites is 1. The van der Waals surface area contributed by atoms with Crippen molar-refractivity contribution in [2.45, 2.75) is 25.7 Å². The first-order valence-electron chi connectivity index (χ1n) is 7.31. The van der Waals surface area contributed by atoms with Crippen molar-refractivity contribution in [2.75, 3.05) is 7.05 Å². The van der Waals surface area contributed by atoms with Gasteiger partial charge in [0.1, 0.15) is 5.75 Å². The highest BCUT2D eigenvalue weighted by molar-refractivity contribution is 5.76. The van der Waals surface area contributed by atoms with E-state index in [1.807, 2.05) is 6.07 Å². The number of aryl methyl sites for hydroxylation is 1. The van der Waals surface area contributed by atoms with Crippen LogP contribution in [0, 0.1) is 0 Å². The van der Waals surface area contributed by atoms with Crippen LogP contribution in [0.2, 0.25) is 0 Å². The zero-order chi connectivity index (χ0) is 17.6. The van der Waals surface area contributed by atoms with Crippen molar-refractivity contribution in [3.05, 3.63) is 59.9 Å². The summed E-state index contributed by atoms with van der Waals surface area (Å²) in [6.45, 7) is 0.0398. The smallest absolute Gasteiger partial charge is 0.405 e. The van der Waals surface area contributed by atoms with Gasteiger partial charge in [-0.3, -0.25) is 9.78 Å². The Morgan fingerprint density at radius 3 is 2.62 bits per heavy atom. The number of rotatable bonds is 6. The number of amides is 1. The summed E-state index contributed by atoms with van der Waals surface area (Å²) in [5, 5.41) is 0. The molecule has 4 nitrogen and oxygen atoms in total. The van der Waals surface area contributed by atoms with E-state index in [0.29, 0.717) is 12.0 Å². The molecule has 128 valence electrons. The van der Waals surface area contributed by atoms with Gasteiger partial charge in [-0.25, -0.2) is 0 Å². The number of alkyl halides is 3. The molecule has 1 aromatic heterocycles. The summed E-state index contributed by atoms with van der Waals surface area (Å²) in [6, 6.07) is 9.45. The molecular formula is C17H17F3N2O2. The van der Waals surface area contributed by atoms with Crippen LogP contribution in [0.1, 0.15) is 17.5 Å². The fourth-order valence-corrected chi connectivity index (χ4v) is 2.19. The number of hydrogen-bond donors (Lipinski definition) is 0. The number of ether oxygens (including phenoxy) is 1. The van der Waals surface area contributed by atoms with Gasteiger partial charge < -0.3 is 9.64 Å². The van der Waals surface area contributed by atoms with Gasteiger partial charge in [-0.15, -0.1) is 13.2 Å². The molecule has 1 amide bonds. The van der Waals surface area contributed by atoms with Crippen LogP contribution in [0.15, 0.2) is 48.8 Å². The van der Waals surface area contributed by atoms with Gasteiger partial charge in [0.15, 0.2) is 0 Å². The molecule has 0 saturated heterocycles. The molecule has 0 saturated carbocycles. The van der Waals surface area contributed by atoms with Crippen LogP contribution in [0.5, 0.6) is 5.75 Å². The minimum atomic E-state index is -4.76. The number of aromatic nitrogens is 1. The second-order valence-corrected chi connectivity index (χ2v) is 5.27. The van der Waals surface area contributed by atoms with E-state index in [9.17, 15) is 18.0 Å². The van der Waals surface area contributed by atoms with E-state index in [0.717, 1.165) is 5.56 Å². The summed E-state index contributed by atoms with van der Waals surface area (Å²) in [5.41, 5.74) is 1.23. The van der Waals surface area contributed by atoms with Crippen molar-refractivity contribution in [2.24, 2.45) is 0 Å². The lowest BCUT2D eigenvalue weighted by atomic mass is 10.1.